The van der Waals surface area contributed by atoms with Gasteiger partial charge in [-0.15, -0.1) is 0 Å². The molecule has 0 spiro atoms. The number of nitrogens with zero attached hydrogens (tertiary/aromatic N) is 1. The van der Waals surface area contributed by atoms with E-state index in [9.17, 15) is 5.11 Å². The molecular weight excluding hydrogens is 260 g/mol. The predicted molar refractivity (Wildman–Crippen MR) is 72.1 cm³/mol. The lowest BCUT2D eigenvalue weighted by atomic mass is 10.2. The summed E-state index contributed by atoms with van der Waals surface area (Å²) in [5.41, 5.74) is 1.91. The molecule has 2 aromatic heterocycles. The summed E-state index contributed by atoms with van der Waals surface area (Å²) in [6.07, 6.45) is 1.03. The molecule has 0 aliphatic heterocycles. The van der Waals surface area contributed by atoms with Gasteiger partial charge in [0.25, 0.3) is 0 Å². The molecule has 2 heterocycles. The summed E-state index contributed by atoms with van der Waals surface area (Å²) in [7, 11) is 0. The zero-order chi connectivity index (χ0) is 14.4. The van der Waals surface area contributed by atoms with E-state index in [4.69, 9.17) is 13.7 Å². The lowest BCUT2D eigenvalue weighted by molar-refractivity contribution is 0.0225. The first-order valence-corrected chi connectivity index (χ1v) is 6.57. The van der Waals surface area contributed by atoms with E-state index in [1.54, 1.807) is 12.3 Å². The van der Waals surface area contributed by atoms with Crippen molar-refractivity contribution in [2.45, 2.75) is 33.1 Å². The van der Waals surface area contributed by atoms with Crippen LogP contribution in [0.25, 0.3) is 0 Å². The summed E-state index contributed by atoms with van der Waals surface area (Å²) in [4.78, 5) is 0. The summed E-state index contributed by atoms with van der Waals surface area (Å²) in [5, 5.41) is 16.8. The maximum Gasteiger partial charge on any atom is 0.138 e. The van der Waals surface area contributed by atoms with Crippen LogP contribution in [0.3, 0.4) is 0 Å². The lowest BCUT2D eigenvalue weighted by Crippen LogP contribution is -2.30. The van der Waals surface area contributed by atoms with Crippen LogP contribution in [0.2, 0.25) is 0 Å². The molecule has 2 N–H and O–H groups in total. The number of hydrogen-bond donors (Lipinski definition) is 2. The number of aliphatic hydroxyl groups is 1. The Kier molecular flexibility index (Phi) is 5.34. The fourth-order valence-electron chi connectivity index (χ4n) is 1.87. The van der Waals surface area contributed by atoms with Crippen LogP contribution in [0.1, 0.15) is 22.8 Å². The van der Waals surface area contributed by atoms with Crippen molar-refractivity contribution in [1.29, 1.82) is 0 Å². The molecule has 0 amide bonds. The Morgan fingerprint density at radius 2 is 2.30 bits per heavy atom. The number of rotatable bonds is 8. The fraction of sp³-hybridized carbons (Fsp3) is 0.500. The van der Waals surface area contributed by atoms with Crippen LogP contribution in [-0.4, -0.2) is 29.5 Å². The zero-order valence-corrected chi connectivity index (χ0v) is 11.8. The minimum atomic E-state index is -0.564. The minimum Gasteiger partial charge on any atom is -0.467 e. The van der Waals surface area contributed by atoms with Crippen molar-refractivity contribution in [3.8, 4) is 0 Å². The molecule has 20 heavy (non-hydrogen) atoms. The van der Waals surface area contributed by atoms with Crippen molar-refractivity contribution in [1.82, 2.24) is 10.5 Å². The van der Waals surface area contributed by atoms with Gasteiger partial charge in [0.1, 0.15) is 18.1 Å². The van der Waals surface area contributed by atoms with E-state index in [0.717, 1.165) is 22.8 Å². The summed E-state index contributed by atoms with van der Waals surface area (Å²) in [6.45, 7) is 5.47. The Morgan fingerprint density at radius 1 is 1.45 bits per heavy atom. The third kappa shape index (κ3) is 4.19. The number of ether oxygens (including phenoxy) is 1. The van der Waals surface area contributed by atoms with Gasteiger partial charge < -0.3 is 24.1 Å². The van der Waals surface area contributed by atoms with Crippen LogP contribution in [0.15, 0.2) is 27.3 Å². The van der Waals surface area contributed by atoms with E-state index in [1.165, 1.54) is 0 Å². The first-order valence-electron chi connectivity index (χ1n) is 6.57. The highest BCUT2D eigenvalue weighted by Crippen LogP contribution is 2.11. The van der Waals surface area contributed by atoms with E-state index in [0.29, 0.717) is 19.7 Å². The van der Waals surface area contributed by atoms with Crippen molar-refractivity contribution < 1.29 is 18.8 Å². The fourth-order valence-corrected chi connectivity index (χ4v) is 1.87. The van der Waals surface area contributed by atoms with Crippen LogP contribution in [0, 0.1) is 13.8 Å². The van der Waals surface area contributed by atoms with Crippen LogP contribution >= 0.6 is 0 Å². The average molecular weight is 280 g/mol. The number of hydrogen-bond acceptors (Lipinski definition) is 6. The topological polar surface area (TPSA) is 80.7 Å². The molecule has 0 aliphatic rings. The molecule has 0 saturated heterocycles. The van der Waals surface area contributed by atoms with E-state index in [2.05, 4.69) is 10.5 Å². The first-order chi connectivity index (χ1) is 9.66. The van der Waals surface area contributed by atoms with Crippen molar-refractivity contribution >= 4 is 0 Å². The standard InChI is InChI=1S/C14H20N2O4/c1-10-14(11(2)20-16-10)7-15-6-12(17)8-18-9-13-4-3-5-19-13/h3-5,12,15,17H,6-9H2,1-2H3. The van der Waals surface area contributed by atoms with Gasteiger partial charge in [-0.1, -0.05) is 5.16 Å². The van der Waals surface area contributed by atoms with Gasteiger partial charge in [-0.3, -0.25) is 0 Å². The second-order valence-corrected chi connectivity index (χ2v) is 4.68. The minimum absolute atomic E-state index is 0.259. The molecule has 0 aliphatic carbocycles. The molecule has 0 saturated carbocycles. The molecule has 2 aromatic rings. The van der Waals surface area contributed by atoms with E-state index in [-0.39, 0.29) is 6.61 Å². The Morgan fingerprint density at radius 3 is 2.95 bits per heavy atom. The highest BCUT2D eigenvalue weighted by Gasteiger charge is 2.10. The maximum absolute atomic E-state index is 9.79. The third-order valence-electron chi connectivity index (χ3n) is 3.00. The third-order valence-corrected chi connectivity index (χ3v) is 3.00. The van der Waals surface area contributed by atoms with Gasteiger partial charge in [0, 0.05) is 18.7 Å². The van der Waals surface area contributed by atoms with Gasteiger partial charge in [0.2, 0.25) is 0 Å². The van der Waals surface area contributed by atoms with Gasteiger partial charge in [0.15, 0.2) is 0 Å². The van der Waals surface area contributed by atoms with Crippen molar-refractivity contribution in [3.05, 3.63) is 41.2 Å². The van der Waals surface area contributed by atoms with Crippen LogP contribution in [0.5, 0.6) is 0 Å². The Labute approximate surface area is 117 Å². The van der Waals surface area contributed by atoms with Crippen molar-refractivity contribution in [2.75, 3.05) is 13.2 Å². The molecule has 6 nitrogen and oxygen atoms in total. The van der Waals surface area contributed by atoms with Gasteiger partial charge in [0.05, 0.1) is 24.7 Å². The largest absolute Gasteiger partial charge is 0.467 e. The van der Waals surface area contributed by atoms with E-state index in [1.807, 2.05) is 19.9 Å². The zero-order valence-electron chi connectivity index (χ0n) is 11.8. The van der Waals surface area contributed by atoms with Crippen molar-refractivity contribution in [3.63, 3.8) is 0 Å². The molecule has 110 valence electrons. The number of aliphatic hydroxyl groups excluding tert-OH is 1. The Hall–Kier alpha value is -1.63. The number of nitrogens with one attached hydrogen (secondary N) is 1. The Balaban J connectivity index is 1.61. The number of aromatic nitrogens is 1. The van der Waals surface area contributed by atoms with E-state index < -0.39 is 6.10 Å². The van der Waals surface area contributed by atoms with Gasteiger partial charge in [-0.05, 0) is 26.0 Å². The highest BCUT2D eigenvalue weighted by molar-refractivity contribution is 5.20. The quantitative estimate of drug-likeness (QED) is 0.763. The molecule has 1 unspecified atom stereocenters. The first kappa shape index (κ1) is 14.8. The van der Waals surface area contributed by atoms with E-state index >= 15 is 0 Å². The summed E-state index contributed by atoms with van der Waals surface area (Å²) < 4.78 is 15.6. The van der Waals surface area contributed by atoms with Crippen LogP contribution in [0.4, 0.5) is 0 Å². The van der Waals surface area contributed by atoms with Gasteiger partial charge in [-0.2, -0.15) is 0 Å². The van der Waals surface area contributed by atoms with Gasteiger partial charge in [-0.25, -0.2) is 0 Å². The SMILES string of the molecule is Cc1noc(C)c1CNCC(O)COCc1ccco1. The molecule has 2 rings (SSSR count). The second kappa shape index (κ2) is 7.23. The highest BCUT2D eigenvalue weighted by atomic mass is 16.5. The molecule has 0 radical (unpaired) electrons. The Bertz CT molecular complexity index is 488. The van der Waals surface area contributed by atoms with Crippen molar-refractivity contribution in [2.24, 2.45) is 0 Å². The number of furan rings is 1. The summed E-state index contributed by atoms with van der Waals surface area (Å²) in [5.74, 6) is 1.56. The molecule has 0 bridgehead atoms. The molecule has 1 atom stereocenters. The monoisotopic (exact) mass is 280 g/mol. The number of aryl methyl sites for hydroxylation is 2. The smallest absolute Gasteiger partial charge is 0.138 e. The lowest BCUT2D eigenvalue weighted by Gasteiger charge is -2.11. The van der Waals surface area contributed by atoms with Gasteiger partial charge >= 0.3 is 0 Å². The molecule has 6 heteroatoms. The van der Waals surface area contributed by atoms with Crippen LogP contribution < -0.4 is 5.32 Å². The molecule has 0 aromatic carbocycles. The summed E-state index contributed by atoms with van der Waals surface area (Å²) in [6, 6.07) is 3.64. The van der Waals surface area contributed by atoms with Crippen LogP contribution in [-0.2, 0) is 17.9 Å². The second-order valence-electron chi connectivity index (χ2n) is 4.68. The normalized spacial score (nSPS) is 12.8. The molecular formula is C14H20N2O4. The summed E-state index contributed by atoms with van der Waals surface area (Å²) >= 11 is 0. The maximum atomic E-state index is 9.79. The molecule has 0 fully saturated rings. The average Bonchev–Trinajstić information content (AvgIpc) is 3.03. The predicted octanol–water partition coefficient (Wildman–Crippen LogP) is 1.55.